The number of rotatable bonds is 1. The summed E-state index contributed by atoms with van der Waals surface area (Å²) in [6.45, 7) is 8.66. The maximum Gasteiger partial charge on any atom is 0.117 e. The number of benzene rings is 1. The molecule has 0 aromatic heterocycles. The molecule has 1 aromatic rings. The van der Waals surface area contributed by atoms with Crippen LogP contribution in [0.4, 0.5) is 0 Å². The molecule has 66 valence electrons. The van der Waals surface area contributed by atoms with Crippen LogP contribution in [0, 0.1) is 6.92 Å². The average molecular weight is 180 g/mol. The minimum Gasteiger partial charge on any atom is -0.508 e. The zero-order valence-electron chi connectivity index (χ0n) is 8.18. The normalized spacial score (nSPS) is 11.7. The number of aromatic hydroxyl groups is 1. The van der Waals surface area contributed by atoms with Gasteiger partial charge in [-0.25, -0.2) is 0 Å². The maximum atomic E-state index is 9.77. The molecule has 1 nitrogen and oxygen atoms in total. The number of phenols is 1. The van der Waals surface area contributed by atoms with Gasteiger partial charge in [0.25, 0.3) is 0 Å². The molecule has 0 bridgehead atoms. The summed E-state index contributed by atoms with van der Waals surface area (Å²) in [6.07, 6.45) is 0. The molecule has 0 radical (unpaired) electrons. The third-order valence-electron chi connectivity index (χ3n) is 2.05. The molecule has 0 saturated heterocycles. The van der Waals surface area contributed by atoms with Gasteiger partial charge in [-0.05, 0) is 17.7 Å². The van der Waals surface area contributed by atoms with Crippen molar-refractivity contribution in [2.75, 3.05) is 0 Å². The first kappa shape index (κ1) is 9.33. The Kier molecular flexibility index (Phi) is 2.28. The van der Waals surface area contributed by atoms with Crippen molar-refractivity contribution >= 4 is 13.3 Å². The van der Waals surface area contributed by atoms with E-state index in [1.165, 1.54) is 0 Å². The lowest BCUT2D eigenvalue weighted by Crippen LogP contribution is -2.37. The number of hydrogen-bond acceptors (Lipinski definition) is 1. The van der Waals surface area contributed by atoms with E-state index < -0.39 is 8.07 Å². The number of aryl methyl sites for hydroxylation is 1. The summed E-state index contributed by atoms with van der Waals surface area (Å²) in [5, 5.41) is 10.9. The van der Waals surface area contributed by atoms with E-state index in [2.05, 4.69) is 19.6 Å². The minimum absolute atomic E-state index is 0.497. The van der Waals surface area contributed by atoms with Crippen LogP contribution in [0.5, 0.6) is 5.75 Å². The topological polar surface area (TPSA) is 20.2 Å². The Morgan fingerprint density at radius 1 is 1.17 bits per heavy atom. The van der Waals surface area contributed by atoms with Crippen LogP contribution in [0.15, 0.2) is 18.2 Å². The van der Waals surface area contributed by atoms with Crippen molar-refractivity contribution in [1.82, 2.24) is 0 Å². The third kappa shape index (κ3) is 1.69. The van der Waals surface area contributed by atoms with E-state index in [-0.39, 0.29) is 0 Å². The first-order chi connectivity index (χ1) is 5.43. The molecule has 1 rings (SSSR count). The maximum absolute atomic E-state index is 9.77. The van der Waals surface area contributed by atoms with Gasteiger partial charge in [0.1, 0.15) is 5.75 Å². The molecule has 12 heavy (non-hydrogen) atoms. The van der Waals surface area contributed by atoms with E-state index in [4.69, 9.17) is 0 Å². The molecule has 0 fully saturated rings. The van der Waals surface area contributed by atoms with Gasteiger partial charge in [0.15, 0.2) is 0 Å². The fraction of sp³-hybridized carbons (Fsp3) is 0.400. The molecule has 0 aliphatic carbocycles. The highest BCUT2D eigenvalue weighted by Crippen LogP contribution is 2.16. The highest BCUT2D eigenvalue weighted by Gasteiger charge is 2.20. The van der Waals surface area contributed by atoms with E-state index in [1.54, 1.807) is 0 Å². The molecule has 1 aromatic carbocycles. The van der Waals surface area contributed by atoms with Gasteiger partial charge < -0.3 is 5.11 Å². The summed E-state index contributed by atoms with van der Waals surface area (Å²) in [5.74, 6) is 0.497. The number of para-hydroxylation sites is 1. The fourth-order valence-electron chi connectivity index (χ4n) is 1.26. The molecule has 0 aliphatic heterocycles. The number of phenolic OH excluding ortho intramolecular Hbond substituents is 1. The van der Waals surface area contributed by atoms with Crippen molar-refractivity contribution in [3.63, 3.8) is 0 Å². The van der Waals surface area contributed by atoms with Gasteiger partial charge in [0, 0.05) is 0 Å². The van der Waals surface area contributed by atoms with Crippen molar-refractivity contribution in [1.29, 1.82) is 0 Å². The van der Waals surface area contributed by atoms with E-state index in [9.17, 15) is 5.11 Å². The third-order valence-corrected chi connectivity index (χ3v) is 4.07. The number of hydrogen-bond donors (Lipinski definition) is 1. The average Bonchev–Trinajstić information content (AvgIpc) is 1.92. The Hall–Kier alpha value is -0.763. The van der Waals surface area contributed by atoms with Crippen LogP contribution in [0.2, 0.25) is 19.6 Å². The van der Waals surface area contributed by atoms with Gasteiger partial charge in [-0.3, -0.25) is 0 Å². The van der Waals surface area contributed by atoms with Crippen molar-refractivity contribution in [3.8, 4) is 5.75 Å². The second-order valence-corrected chi connectivity index (χ2v) is 9.26. The Bertz CT molecular complexity index is 286. The zero-order valence-corrected chi connectivity index (χ0v) is 9.18. The Morgan fingerprint density at radius 3 is 2.17 bits per heavy atom. The molecule has 0 saturated carbocycles. The van der Waals surface area contributed by atoms with Gasteiger partial charge in [-0.1, -0.05) is 37.8 Å². The molecule has 2 heteroatoms. The van der Waals surface area contributed by atoms with E-state index >= 15 is 0 Å². The Balaban J connectivity index is 3.26. The van der Waals surface area contributed by atoms with E-state index in [1.807, 2.05) is 25.1 Å². The van der Waals surface area contributed by atoms with Crippen LogP contribution >= 0.6 is 0 Å². The molecule has 0 unspecified atom stereocenters. The molecular weight excluding hydrogens is 164 g/mol. The predicted octanol–water partition coefficient (Wildman–Crippen LogP) is 2.25. The predicted molar refractivity (Wildman–Crippen MR) is 55.8 cm³/mol. The lowest BCUT2D eigenvalue weighted by atomic mass is 10.2. The van der Waals surface area contributed by atoms with E-state index in [0.29, 0.717) is 5.75 Å². The highest BCUT2D eigenvalue weighted by atomic mass is 28.3. The van der Waals surface area contributed by atoms with Gasteiger partial charge in [0.05, 0.1) is 8.07 Å². The molecular formula is C10H16OSi. The molecule has 0 heterocycles. The van der Waals surface area contributed by atoms with Crippen LogP contribution in [0.1, 0.15) is 5.56 Å². The zero-order chi connectivity index (χ0) is 9.35. The summed E-state index contributed by atoms with van der Waals surface area (Å²) < 4.78 is 0. The second-order valence-electron chi connectivity index (χ2n) is 4.22. The molecule has 0 amide bonds. The van der Waals surface area contributed by atoms with Crippen LogP contribution in [0.25, 0.3) is 0 Å². The van der Waals surface area contributed by atoms with Crippen molar-refractivity contribution in [2.45, 2.75) is 26.6 Å². The van der Waals surface area contributed by atoms with Crippen molar-refractivity contribution in [2.24, 2.45) is 0 Å². The van der Waals surface area contributed by atoms with Crippen LogP contribution in [0.3, 0.4) is 0 Å². The van der Waals surface area contributed by atoms with Gasteiger partial charge in [-0.15, -0.1) is 0 Å². The molecule has 0 spiro atoms. The van der Waals surface area contributed by atoms with Crippen LogP contribution < -0.4 is 5.19 Å². The van der Waals surface area contributed by atoms with Gasteiger partial charge in [0.2, 0.25) is 0 Å². The first-order valence-electron chi connectivity index (χ1n) is 4.22. The van der Waals surface area contributed by atoms with Gasteiger partial charge in [-0.2, -0.15) is 0 Å². The summed E-state index contributed by atoms with van der Waals surface area (Å²) >= 11 is 0. The smallest absolute Gasteiger partial charge is 0.117 e. The monoisotopic (exact) mass is 180 g/mol. The Morgan fingerprint density at radius 2 is 1.75 bits per heavy atom. The second kappa shape index (κ2) is 2.94. The molecule has 1 N–H and O–H groups in total. The van der Waals surface area contributed by atoms with Gasteiger partial charge >= 0.3 is 0 Å². The van der Waals surface area contributed by atoms with Crippen LogP contribution in [-0.2, 0) is 0 Å². The highest BCUT2D eigenvalue weighted by molar-refractivity contribution is 6.89. The first-order valence-corrected chi connectivity index (χ1v) is 7.72. The summed E-state index contributed by atoms with van der Waals surface area (Å²) in [5.41, 5.74) is 0.981. The summed E-state index contributed by atoms with van der Waals surface area (Å²) in [7, 11) is -1.36. The standard InChI is InChI=1S/C10H16OSi/c1-8-6-5-7-9(10(8)11)12(2,3)4/h5-7,11H,1-4H3. The van der Waals surface area contributed by atoms with Crippen molar-refractivity contribution < 1.29 is 5.11 Å². The lowest BCUT2D eigenvalue weighted by Gasteiger charge is -2.18. The largest absolute Gasteiger partial charge is 0.508 e. The summed E-state index contributed by atoms with van der Waals surface area (Å²) in [6, 6.07) is 6.00. The Labute approximate surface area is 75.1 Å². The van der Waals surface area contributed by atoms with Crippen LogP contribution in [-0.4, -0.2) is 13.2 Å². The SMILES string of the molecule is Cc1cccc([Si](C)(C)C)c1O. The van der Waals surface area contributed by atoms with Crippen molar-refractivity contribution in [3.05, 3.63) is 23.8 Å². The summed E-state index contributed by atoms with van der Waals surface area (Å²) in [4.78, 5) is 0. The quantitative estimate of drug-likeness (QED) is 0.657. The molecule has 0 aliphatic rings. The minimum atomic E-state index is -1.36. The lowest BCUT2D eigenvalue weighted by molar-refractivity contribution is 0.475. The van der Waals surface area contributed by atoms with E-state index in [0.717, 1.165) is 10.8 Å². The fourth-order valence-corrected chi connectivity index (χ4v) is 2.77. The molecule has 0 atom stereocenters.